The minimum atomic E-state index is -0.0514. The van der Waals surface area contributed by atoms with Crippen LogP contribution in [0.5, 0.6) is 0 Å². The molecule has 0 bridgehead atoms. The first-order valence-electron chi connectivity index (χ1n) is 5.11. The molecule has 0 aromatic carbocycles. The first-order chi connectivity index (χ1) is 7.74. The van der Waals surface area contributed by atoms with Crippen molar-refractivity contribution >= 4 is 5.91 Å². The molecule has 0 saturated carbocycles. The van der Waals surface area contributed by atoms with Crippen LogP contribution in [-0.2, 0) is 18.3 Å². The number of aryl methyl sites for hydroxylation is 1. The fraction of sp³-hybridized carbons (Fsp3) is 0.455. The van der Waals surface area contributed by atoms with Crippen LogP contribution in [0.3, 0.4) is 0 Å². The van der Waals surface area contributed by atoms with Gasteiger partial charge >= 0.3 is 0 Å². The van der Waals surface area contributed by atoms with Crippen LogP contribution in [0.15, 0.2) is 12.4 Å². The molecule has 5 nitrogen and oxygen atoms in total. The van der Waals surface area contributed by atoms with Gasteiger partial charge in [0.15, 0.2) is 0 Å². The maximum atomic E-state index is 11.3. The van der Waals surface area contributed by atoms with Crippen molar-refractivity contribution < 1.29 is 4.79 Å². The van der Waals surface area contributed by atoms with Gasteiger partial charge in [0.05, 0.1) is 13.1 Å². The van der Waals surface area contributed by atoms with E-state index < -0.39 is 0 Å². The van der Waals surface area contributed by atoms with Crippen LogP contribution in [0.4, 0.5) is 0 Å². The number of nitrogens with zero attached hydrogens (tertiary/aromatic N) is 2. The third-order valence-electron chi connectivity index (χ3n) is 2.10. The van der Waals surface area contributed by atoms with Crippen molar-refractivity contribution in [3.05, 3.63) is 18.2 Å². The number of carbonyl (C=O) groups excluding carboxylic acids is 1. The van der Waals surface area contributed by atoms with E-state index in [1.165, 1.54) is 0 Å². The Labute approximate surface area is 95.3 Å². The Bertz CT molecular complexity index is 378. The second-order valence-electron chi connectivity index (χ2n) is 3.36. The van der Waals surface area contributed by atoms with Gasteiger partial charge in [0.25, 0.3) is 0 Å². The molecule has 5 heteroatoms. The number of carbonyl (C=O) groups is 1. The van der Waals surface area contributed by atoms with E-state index in [4.69, 9.17) is 6.42 Å². The summed E-state index contributed by atoms with van der Waals surface area (Å²) in [5.41, 5.74) is 0. The number of nitrogens with one attached hydrogen (secondary N) is 2. The quantitative estimate of drug-likeness (QED) is 0.492. The molecule has 1 rings (SSSR count). The van der Waals surface area contributed by atoms with Gasteiger partial charge in [-0.3, -0.25) is 10.1 Å². The molecule has 0 saturated heterocycles. The number of terminal acetylenes is 1. The first kappa shape index (κ1) is 12.3. The first-order valence-corrected chi connectivity index (χ1v) is 5.11. The van der Waals surface area contributed by atoms with E-state index in [0.717, 1.165) is 12.2 Å². The molecule has 0 fully saturated rings. The molecule has 16 heavy (non-hydrogen) atoms. The van der Waals surface area contributed by atoms with Gasteiger partial charge in [-0.15, -0.1) is 6.42 Å². The van der Waals surface area contributed by atoms with Crippen molar-refractivity contribution in [2.24, 2.45) is 7.05 Å². The molecule has 0 aliphatic carbocycles. The average Bonchev–Trinajstić information content (AvgIpc) is 2.65. The van der Waals surface area contributed by atoms with Crippen LogP contribution >= 0.6 is 0 Å². The van der Waals surface area contributed by atoms with E-state index in [1.807, 2.05) is 17.8 Å². The highest BCUT2D eigenvalue weighted by Crippen LogP contribution is 1.93. The van der Waals surface area contributed by atoms with Crippen molar-refractivity contribution in [1.29, 1.82) is 0 Å². The fourth-order valence-corrected chi connectivity index (χ4v) is 1.26. The monoisotopic (exact) mass is 220 g/mol. The van der Waals surface area contributed by atoms with Crippen molar-refractivity contribution in [3.8, 4) is 12.3 Å². The van der Waals surface area contributed by atoms with E-state index in [9.17, 15) is 4.79 Å². The van der Waals surface area contributed by atoms with E-state index in [-0.39, 0.29) is 12.5 Å². The smallest absolute Gasteiger partial charge is 0.233 e. The Morgan fingerprint density at radius 2 is 2.50 bits per heavy atom. The highest BCUT2D eigenvalue weighted by Gasteiger charge is 2.01. The Balaban J connectivity index is 2.14. The Hall–Kier alpha value is -1.80. The van der Waals surface area contributed by atoms with Crippen LogP contribution in [0.25, 0.3) is 0 Å². The van der Waals surface area contributed by atoms with Gasteiger partial charge < -0.3 is 9.88 Å². The third-order valence-corrected chi connectivity index (χ3v) is 2.10. The summed E-state index contributed by atoms with van der Waals surface area (Å²) in [6.07, 6.45) is 9.39. The van der Waals surface area contributed by atoms with Gasteiger partial charge in [0.2, 0.25) is 5.91 Å². The lowest BCUT2D eigenvalue weighted by Crippen LogP contribution is -2.35. The molecule has 0 aliphatic heterocycles. The van der Waals surface area contributed by atoms with Crippen LogP contribution in [0.2, 0.25) is 0 Å². The van der Waals surface area contributed by atoms with Crippen molar-refractivity contribution in [2.45, 2.75) is 6.42 Å². The molecule has 86 valence electrons. The maximum absolute atomic E-state index is 11.3. The molecule has 0 atom stereocenters. The number of rotatable bonds is 6. The molecule has 0 spiro atoms. The van der Waals surface area contributed by atoms with Crippen molar-refractivity contribution in [3.63, 3.8) is 0 Å². The summed E-state index contributed by atoms with van der Waals surface area (Å²) in [7, 11) is 1.93. The number of aromatic nitrogens is 2. The zero-order chi connectivity index (χ0) is 11.8. The van der Waals surface area contributed by atoms with Gasteiger partial charge in [-0.25, -0.2) is 4.98 Å². The number of hydrogen-bond donors (Lipinski definition) is 2. The van der Waals surface area contributed by atoms with Crippen LogP contribution in [0.1, 0.15) is 5.82 Å². The van der Waals surface area contributed by atoms with Crippen LogP contribution < -0.4 is 10.6 Å². The highest BCUT2D eigenvalue weighted by atomic mass is 16.1. The molecular weight excluding hydrogens is 204 g/mol. The van der Waals surface area contributed by atoms with E-state index >= 15 is 0 Å². The minimum absolute atomic E-state index is 0.0514. The van der Waals surface area contributed by atoms with Crippen molar-refractivity contribution in [1.82, 2.24) is 20.2 Å². The molecular formula is C11H16N4O. The SMILES string of the molecule is C#CCNCC(=O)NCCc1nccn1C. The van der Waals surface area contributed by atoms with Crippen LogP contribution in [0, 0.1) is 12.3 Å². The number of hydrogen-bond acceptors (Lipinski definition) is 3. The molecule has 0 unspecified atom stereocenters. The Morgan fingerprint density at radius 3 is 3.12 bits per heavy atom. The number of amides is 1. The molecule has 1 heterocycles. The lowest BCUT2D eigenvalue weighted by atomic mass is 10.4. The Kier molecular flexibility index (Phi) is 5.09. The summed E-state index contributed by atoms with van der Waals surface area (Å²) in [5, 5.41) is 5.60. The normalized spacial score (nSPS) is 9.75. The molecule has 1 aromatic rings. The summed E-state index contributed by atoms with van der Waals surface area (Å²) in [5.74, 6) is 3.31. The van der Waals surface area contributed by atoms with Gasteiger partial charge in [-0.2, -0.15) is 0 Å². The predicted octanol–water partition coefficient (Wildman–Crippen LogP) is -0.698. The van der Waals surface area contributed by atoms with Crippen LogP contribution in [-0.4, -0.2) is 35.1 Å². The topological polar surface area (TPSA) is 59.0 Å². The van der Waals surface area contributed by atoms with Crippen molar-refractivity contribution in [2.75, 3.05) is 19.6 Å². The van der Waals surface area contributed by atoms with Gasteiger partial charge in [-0.1, -0.05) is 5.92 Å². The second kappa shape index (κ2) is 6.64. The zero-order valence-corrected chi connectivity index (χ0v) is 9.36. The summed E-state index contributed by atoms with van der Waals surface area (Å²) >= 11 is 0. The summed E-state index contributed by atoms with van der Waals surface area (Å²) in [4.78, 5) is 15.4. The predicted molar refractivity (Wildman–Crippen MR) is 61.6 cm³/mol. The number of imidazole rings is 1. The van der Waals surface area contributed by atoms with Gasteiger partial charge in [0.1, 0.15) is 5.82 Å². The lowest BCUT2D eigenvalue weighted by molar-refractivity contribution is -0.120. The Morgan fingerprint density at radius 1 is 1.69 bits per heavy atom. The average molecular weight is 220 g/mol. The second-order valence-corrected chi connectivity index (χ2v) is 3.36. The molecule has 1 amide bonds. The lowest BCUT2D eigenvalue weighted by Gasteiger charge is -2.05. The molecule has 0 aliphatic rings. The maximum Gasteiger partial charge on any atom is 0.233 e. The fourth-order valence-electron chi connectivity index (χ4n) is 1.26. The van der Waals surface area contributed by atoms with Gasteiger partial charge in [-0.05, 0) is 0 Å². The standard InChI is InChI=1S/C11H16N4O/c1-3-5-12-9-11(16)14-6-4-10-13-7-8-15(10)2/h1,7-8,12H,4-6,9H2,2H3,(H,14,16). The zero-order valence-electron chi connectivity index (χ0n) is 9.36. The largest absolute Gasteiger partial charge is 0.355 e. The minimum Gasteiger partial charge on any atom is -0.355 e. The molecule has 0 radical (unpaired) electrons. The summed E-state index contributed by atoms with van der Waals surface area (Å²) in [6.45, 7) is 1.25. The highest BCUT2D eigenvalue weighted by molar-refractivity contribution is 5.77. The third kappa shape index (κ3) is 4.15. The summed E-state index contributed by atoms with van der Waals surface area (Å²) < 4.78 is 1.93. The molecule has 2 N–H and O–H groups in total. The summed E-state index contributed by atoms with van der Waals surface area (Å²) in [6, 6.07) is 0. The van der Waals surface area contributed by atoms with E-state index in [0.29, 0.717) is 13.1 Å². The molecule has 1 aromatic heterocycles. The van der Waals surface area contributed by atoms with E-state index in [2.05, 4.69) is 21.5 Å². The van der Waals surface area contributed by atoms with Gasteiger partial charge in [0, 0.05) is 32.4 Å². The van der Waals surface area contributed by atoms with E-state index in [1.54, 1.807) is 6.20 Å².